The Balaban J connectivity index is 2.20. The predicted molar refractivity (Wildman–Crippen MR) is 57.0 cm³/mol. The molecule has 0 unspecified atom stereocenters. The van der Waals surface area contributed by atoms with Crippen LogP contribution in [0.3, 0.4) is 0 Å². The summed E-state index contributed by atoms with van der Waals surface area (Å²) >= 11 is 0. The van der Waals surface area contributed by atoms with Crippen LogP contribution in [0.5, 0.6) is 5.75 Å². The summed E-state index contributed by atoms with van der Waals surface area (Å²) in [5, 5.41) is 9.65. The lowest BCUT2D eigenvalue weighted by molar-refractivity contribution is 0.0665. The zero-order valence-corrected chi connectivity index (χ0v) is 8.53. The van der Waals surface area contributed by atoms with Gasteiger partial charge in [-0.3, -0.25) is 0 Å². The van der Waals surface area contributed by atoms with E-state index in [1.54, 1.807) is 12.1 Å². The highest BCUT2D eigenvalue weighted by Crippen LogP contribution is 2.31. The third kappa shape index (κ3) is 1.34. The molecule has 4 nitrogen and oxygen atoms in total. The van der Waals surface area contributed by atoms with Crippen LogP contribution in [0, 0.1) is 0 Å². The first-order valence-electron chi connectivity index (χ1n) is 5.16. The first-order valence-corrected chi connectivity index (χ1v) is 5.16. The van der Waals surface area contributed by atoms with Crippen molar-refractivity contribution in [1.29, 1.82) is 0 Å². The molecule has 0 saturated carbocycles. The summed E-state index contributed by atoms with van der Waals surface area (Å²) in [6.07, 6.45) is 1.97. The first-order chi connectivity index (χ1) is 7.74. The Bertz CT molecular complexity index is 525. The number of fused-ring (bicyclic) bond motifs is 2. The van der Waals surface area contributed by atoms with E-state index in [2.05, 4.69) is 0 Å². The SMILES string of the molecule is O=C(O)c1cc2cc3c(cc2o1)OCCC3. The molecule has 16 heavy (non-hydrogen) atoms. The minimum atomic E-state index is -1.05. The number of aryl methyl sites for hydroxylation is 1. The number of aromatic carboxylic acids is 1. The minimum absolute atomic E-state index is 0.0302. The van der Waals surface area contributed by atoms with Gasteiger partial charge in [0, 0.05) is 11.5 Å². The quantitative estimate of drug-likeness (QED) is 0.798. The van der Waals surface area contributed by atoms with Crippen molar-refractivity contribution in [3.63, 3.8) is 0 Å². The van der Waals surface area contributed by atoms with Gasteiger partial charge in [-0.2, -0.15) is 0 Å². The molecule has 2 aromatic rings. The van der Waals surface area contributed by atoms with Gasteiger partial charge in [0.15, 0.2) is 0 Å². The third-order valence-corrected chi connectivity index (χ3v) is 2.76. The Labute approximate surface area is 91.4 Å². The fourth-order valence-corrected chi connectivity index (χ4v) is 2.00. The number of carbonyl (C=O) groups is 1. The lowest BCUT2D eigenvalue weighted by Crippen LogP contribution is -2.07. The number of benzene rings is 1. The highest BCUT2D eigenvalue weighted by atomic mass is 16.5. The van der Waals surface area contributed by atoms with Gasteiger partial charge in [0.25, 0.3) is 0 Å². The summed E-state index contributed by atoms with van der Waals surface area (Å²) in [6, 6.07) is 5.27. The number of carboxylic acid groups (broad SMARTS) is 1. The lowest BCUT2D eigenvalue weighted by Gasteiger charge is -2.16. The molecule has 0 atom stereocenters. The van der Waals surface area contributed by atoms with Crippen LogP contribution in [0.15, 0.2) is 22.6 Å². The number of ether oxygens (including phenoxy) is 1. The van der Waals surface area contributed by atoms with E-state index >= 15 is 0 Å². The lowest BCUT2D eigenvalue weighted by atomic mass is 10.0. The van der Waals surface area contributed by atoms with E-state index < -0.39 is 5.97 Å². The molecule has 0 radical (unpaired) electrons. The highest BCUT2D eigenvalue weighted by Gasteiger charge is 2.16. The molecule has 1 aromatic heterocycles. The molecule has 1 aliphatic heterocycles. The molecule has 0 aliphatic carbocycles. The molecule has 4 heteroatoms. The molecule has 0 bridgehead atoms. The largest absolute Gasteiger partial charge is 0.493 e. The van der Waals surface area contributed by atoms with Crippen molar-refractivity contribution in [1.82, 2.24) is 0 Å². The molecule has 0 fully saturated rings. The second kappa shape index (κ2) is 3.27. The molecule has 3 rings (SSSR count). The summed E-state index contributed by atoms with van der Waals surface area (Å²) < 4.78 is 10.7. The molecule has 2 heterocycles. The number of hydrogen-bond donors (Lipinski definition) is 1. The number of hydrogen-bond acceptors (Lipinski definition) is 3. The third-order valence-electron chi connectivity index (χ3n) is 2.76. The smallest absolute Gasteiger partial charge is 0.371 e. The molecule has 0 spiro atoms. The van der Waals surface area contributed by atoms with Gasteiger partial charge >= 0.3 is 5.97 Å². The summed E-state index contributed by atoms with van der Waals surface area (Å²) in [5.41, 5.74) is 1.69. The van der Waals surface area contributed by atoms with E-state index in [4.69, 9.17) is 14.3 Å². The van der Waals surface area contributed by atoms with E-state index in [-0.39, 0.29) is 5.76 Å². The van der Waals surface area contributed by atoms with Crippen LogP contribution in [-0.4, -0.2) is 17.7 Å². The summed E-state index contributed by atoms with van der Waals surface area (Å²) in [5.74, 6) is -0.266. The average molecular weight is 218 g/mol. The Morgan fingerprint density at radius 1 is 1.31 bits per heavy atom. The average Bonchev–Trinajstić information content (AvgIpc) is 2.68. The Morgan fingerprint density at radius 3 is 3.00 bits per heavy atom. The van der Waals surface area contributed by atoms with Crippen LogP contribution in [-0.2, 0) is 6.42 Å². The van der Waals surface area contributed by atoms with Crippen LogP contribution < -0.4 is 4.74 Å². The van der Waals surface area contributed by atoms with Gasteiger partial charge in [-0.15, -0.1) is 0 Å². The van der Waals surface area contributed by atoms with Gasteiger partial charge in [0.05, 0.1) is 6.61 Å². The van der Waals surface area contributed by atoms with E-state index in [0.717, 1.165) is 29.5 Å². The summed E-state index contributed by atoms with van der Waals surface area (Å²) in [6.45, 7) is 0.713. The molecular formula is C12H10O4. The van der Waals surface area contributed by atoms with Crippen LogP contribution in [0.4, 0.5) is 0 Å². The Morgan fingerprint density at radius 2 is 2.19 bits per heavy atom. The molecular weight excluding hydrogens is 208 g/mol. The molecule has 0 amide bonds. The van der Waals surface area contributed by atoms with Crippen molar-refractivity contribution in [2.24, 2.45) is 0 Å². The van der Waals surface area contributed by atoms with Gasteiger partial charge in [-0.1, -0.05) is 0 Å². The van der Waals surface area contributed by atoms with E-state index in [1.807, 2.05) is 6.07 Å². The topological polar surface area (TPSA) is 59.7 Å². The van der Waals surface area contributed by atoms with Gasteiger partial charge < -0.3 is 14.3 Å². The van der Waals surface area contributed by atoms with E-state index in [9.17, 15) is 4.79 Å². The van der Waals surface area contributed by atoms with Crippen molar-refractivity contribution in [2.75, 3.05) is 6.61 Å². The van der Waals surface area contributed by atoms with Crippen LogP contribution in [0.25, 0.3) is 11.0 Å². The zero-order valence-electron chi connectivity index (χ0n) is 8.53. The standard InChI is InChI=1S/C12H10O4/c13-12(14)11-5-8-4-7-2-1-3-15-9(7)6-10(8)16-11/h4-6H,1-3H2,(H,13,14). The van der Waals surface area contributed by atoms with Gasteiger partial charge in [0.2, 0.25) is 5.76 Å². The molecule has 1 aromatic carbocycles. The molecule has 1 aliphatic rings. The highest BCUT2D eigenvalue weighted by molar-refractivity contribution is 5.92. The first kappa shape index (κ1) is 9.27. The maximum Gasteiger partial charge on any atom is 0.371 e. The fourth-order valence-electron chi connectivity index (χ4n) is 2.00. The summed E-state index contributed by atoms with van der Waals surface area (Å²) in [4.78, 5) is 10.8. The van der Waals surface area contributed by atoms with Crippen molar-refractivity contribution >= 4 is 16.9 Å². The molecule has 82 valence electrons. The molecule has 1 N–H and O–H groups in total. The Kier molecular flexibility index (Phi) is 1.89. The van der Waals surface area contributed by atoms with Crippen LogP contribution in [0.1, 0.15) is 22.5 Å². The summed E-state index contributed by atoms with van der Waals surface area (Å²) in [7, 11) is 0. The number of rotatable bonds is 1. The number of carboxylic acids is 1. The second-order valence-electron chi connectivity index (χ2n) is 3.87. The van der Waals surface area contributed by atoms with Crippen molar-refractivity contribution in [2.45, 2.75) is 12.8 Å². The minimum Gasteiger partial charge on any atom is -0.493 e. The van der Waals surface area contributed by atoms with E-state index in [1.165, 1.54) is 0 Å². The Hall–Kier alpha value is -1.97. The van der Waals surface area contributed by atoms with Gasteiger partial charge in [-0.25, -0.2) is 4.79 Å². The van der Waals surface area contributed by atoms with Gasteiger partial charge in [0.1, 0.15) is 11.3 Å². The fraction of sp³-hybridized carbons (Fsp3) is 0.250. The normalized spacial score (nSPS) is 14.5. The maximum absolute atomic E-state index is 10.8. The maximum atomic E-state index is 10.8. The molecule has 0 saturated heterocycles. The second-order valence-corrected chi connectivity index (χ2v) is 3.87. The predicted octanol–water partition coefficient (Wildman–Crippen LogP) is 2.46. The zero-order chi connectivity index (χ0) is 11.1. The van der Waals surface area contributed by atoms with Crippen LogP contribution >= 0.6 is 0 Å². The number of furan rings is 1. The van der Waals surface area contributed by atoms with E-state index in [0.29, 0.717) is 12.2 Å². The van der Waals surface area contributed by atoms with Crippen LogP contribution in [0.2, 0.25) is 0 Å². The van der Waals surface area contributed by atoms with Gasteiger partial charge in [-0.05, 0) is 30.5 Å². The van der Waals surface area contributed by atoms with Crippen molar-refractivity contribution in [3.05, 3.63) is 29.5 Å². The van der Waals surface area contributed by atoms with Crippen molar-refractivity contribution < 1.29 is 19.1 Å². The van der Waals surface area contributed by atoms with Crippen molar-refractivity contribution in [3.8, 4) is 5.75 Å². The monoisotopic (exact) mass is 218 g/mol.